The van der Waals surface area contributed by atoms with Crippen molar-refractivity contribution in [2.45, 2.75) is 11.8 Å². The Morgan fingerprint density at radius 3 is 2.73 bits per heavy atom. The number of hydrogen-bond acceptors (Lipinski definition) is 4. The number of halogens is 2. The maximum Gasteiger partial charge on any atom is 0.218 e. The number of ether oxygens (including phenoxy) is 1. The SMILES string of the molecule is COc1cccc(CS(=O)(=O)N2CCNCC2c2cccc(F)c2)c1.Cl. The molecular weight excluding hydrogens is 379 g/mol. The number of sulfonamides is 1. The van der Waals surface area contributed by atoms with Gasteiger partial charge in [0, 0.05) is 19.6 Å². The van der Waals surface area contributed by atoms with E-state index in [1.807, 2.05) is 0 Å². The van der Waals surface area contributed by atoms with Crippen molar-refractivity contribution >= 4 is 22.4 Å². The van der Waals surface area contributed by atoms with Gasteiger partial charge in [-0.1, -0.05) is 24.3 Å². The second kappa shape index (κ2) is 8.81. The van der Waals surface area contributed by atoms with Gasteiger partial charge in [-0.15, -0.1) is 12.4 Å². The van der Waals surface area contributed by atoms with Crippen molar-refractivity contribution in [1.29, 1.82) is 0 Å². The van der Waals surface area contributed by atoms with Gasteiger partial charge in [0.25, 0.3) is 0 Å². The highest BCUT2D eigenvalue weighted by atomic mass is 35.5. The van der Waals surface area contributed by atoms with E-state index in [0.29, 0.717) is 36.5 Å². The zero-order valence-corrected chi connectivity index (χ0v) is 16.0. The summed E-state index contributed by atoms with van der Waals surface area (Å²) in [6.45, 7) is 1.39. The van der Waals surface area contributed by atoms with Crippen molar-refractivity contribution < 1.29 is 17.5 Å². The second-order valence-corrected chi connectivity index (χ2v) is 7.91. The lowest BCUT2D eigenvalue weighted by Gasteiger charge is -2.35. The first-order chi connectivity index (χ1) is 12.0. The number of rotatable bonds is 5. The third-order valence-electron chi connectivity index (χ3n) is 4.27. The van der Waals surface area contributed by atoms with E-state index < -0.39 is 16.1 Å². The smallest absolute Gasteiger partial charge is 0.218 e. The molecule has 2 aromatic rings. The fourth-order valence-corrected chi connectivity index (χ4v) is 4.79. The standard InChI is InChI=1S/C18H21FN2O3S.ClH/c1-24-17-7-2-4-14(10-17)13-25(22,23)21-9-8-20-12-18(21)15-5-3-6-16(19)11-15;/h2-7,10-11,18,20H,8-9,12-13H2,1H3;1H. The minimum atomic E-state index is -3.56. The molecule has 5 nitrogen and oxygen atoms in total. The fraction of sp³-hybridized carbons (Fsp3) is 0.333. The molecule has 1 heterocycles. The predicted molar refractivity (Wildman–Crippen MR) is 102 cm³/mol. The summed E-state index contributed by atoms with van der Waals surface area (Å²) in [4.78, 5) is 0. The van der Waals surface area contributed by atoms with E-state index in [2.05, 4.69) is 5.32 Å². The van der Waals surface area contributed by atoms with Crippen LogP contribution in [0.1, 0.15) is 17.2 Å². The first-order valence-electron chi connectivity index (χ1n) is 8.08. The van der Waals surface area contributed by atoms with Crippen LogP contribution >= 0.6 is 12.4 Å². The van der Waals surface area contributed by atoms with Crippen LogP contribution in [0.25, 0.3) is 0 Å². The Bertz CT molecular complexity index is 848. The monoisotopic (exact) mass is 400 g/mol. The summed E-state index contributed by atoms with van der Waals surface area (Å²) in [6.07, 6.45) is 0. The van der Waals surface area contributed by atoms with Crippen molar-refractivity contribution in [3.63, 3.8) is 0 Å². The number of methoxy groups -OCH3 is 1. The molecule has 0 aromatic heterocycles. The molecular formula is C18H22ClFN2O3S. The Morgan fingerprint density at radius 1 is 1.23 bits per heavy atom. The molecule has 1 unspecified atom stereocenters. The minimum Gasteiger partial charge on any atom is -0.497 e. The van der Waals surface area contributed by atoms with Gasteiger partial charge in [-0.05, 0) is 35.4 Å². The molecule has 0 spiro atoms. The van der Waals surface area contributed by atoms with Gasteiger partial charge in [0.1, 0.15) is 11.6 Å². The summed E-state index contributed by atoms with van der Waals surface area (Å²) in [5.41, 5.74) is 1.32. The van der Waals surface area contributed by atoms with Gasteiger partial charge >= 0.3 is 0 Å². The second-order valence-electron chi connectivity index (χ2n) is 5.99. The third-order valence-corrected chi connectivity index (χ3v) is 6.12. The van der Waals surface area contributed by atoms with Crippen LogP contribution in [0.15, 0.2) is 48.5 Å². The van der Waals surface area contributed by atoms with Crippen LogP contribution < -0.4 is 10.1 Å². The lowest BCUT2D eigenvalue weighted by Crippen LogP contribution is -2.48. The summed E-state index contributed by atoms with van der Waals surface area (Å²) < 4.78 is 46.2. The molecule has 0 saturated carbocycles. The molecule has 1 atom stereocenters. The Labute approximate surface area is 159 Å². The molecule has 3 rings (SSSR count). The Hall–Kier alpha value is -1.67. The molecule has 0 radical (unpaired) electrons. The quantitative estimate of drug-likeness (QED) is 0.838. The van der Waals surface area contributed by atoms with E-state index >= 15 is 0 Å². The van der Waals surface area contributed by atoms with E-state index in [1.165, 1.54) is 16.4 Å². The summed E-state index contributed by atoms with van der Waals surface area (Å²) in [7, 11) is -2.01. The average Bonchev–Trinajstić information content (AvgIpc) is 2.61. The molecule has 2 aromatic carbocycles. The predicted octanol–water partition coefficient (Wildman–Crippen LogP) is 2.73. The van der Waals surface area contributed by atoms with Crippen molar-refractivity contribution in [3.05, 3.63) is 65.5 Å². The topological polar surface area (TPSA) is 58.6 Å². The molecule has 0 amide bonds. The minimum absolute atomic E-state index is 0. The maximum absolute atomic E-state index is 13.6. The number of nitrogens with zero attached hydrogens (tertiary/aromatic N) is 1. The highest BCUT2D eigenvalue weighted by molar-refractivity contribution is 7.88. The third kappa shape index (κ3) is 4.73. The Morgan fingerprint density at radius 2 is 2.00 bits per heavy atom. The van der Waals surface area contributed by atoms with Crippen LogP contribution in [-0.4, -0.2) is 39.5 Å². The van der Waals surface area contributed by atoms with E-state index in [1.54, 1.807) is 43.5 Å². The molecule has 142 valence electrons. The summed E-state index contributed by atoms with van der Waals surface area (Å²) >= 11 is 0. The molecule has 1 aliphatic heterocycles. The first kappa shape index (κ1) is 20.6. The summed E-state index contributed by atoms with van der Waals surface area (Å²) in [6, 6.07) is 12.7. The lowest BCUT2D eigenvalue weighted by molar-refractivity contribution is 0.270. The van der Waals surface area contributed by atoms with Gasteiger partial charge in [-0.2, -0.15) is 4.31 Å². The summed E-state index contributed by atoms with van der Waals surface area (Å²) in [5, 5.41) is 3.19. The number of nitrogens with one attached hydrogen (secondary N) is 1. The van der Waals surface area contributed by atoms with E-state index in [9.17, 15) is 12.8 Å². The van der Waals surface area contributed by atoms with Gasteiger partial charge in [0.2, 0.25) is 10.0 Å². The Balaban J connectivity index is 0.00000243. The molecule has 26 heavy (non-hydrogen) atoms. The van der Waals surface area contributed by atoms with Crippen LogP contribution in [0, 0.1) is 5.82 Å². The zero-order valence-electron chi connectivity index (χ0n) is 14.4. The number of hydrogen-bond donors (Lipinski definition) is 1. The van der Waals surface area contributed by atoms with Crippen LogP contribution in [0.2, 0.25) is 0 Å². The Kier molecular flexibility index (Phi) is 7.00. The van der Waals surface area contributed by atoms with Crippen molar-refractivity contribution in [2.24, 2.45) is 0 Å². The fourth-order valence-electron chi connectivity index (χ4n) is 3.07. The molecule has 1 aliphatic rings. The molecule has 0 bridgehead atoms. The van der Waals surface area contributed by atoms with Crippen LogP contribution in [0.4, 0.5) is 4.39 Å². The molecule has 1 saturated heterocycles. The summed E-state index contributed by atoms with van der Waals surface area (Å²) in [5.74, 6) is 0.138. The van der Waals surface area contributed by atoms with Crippen LogP contribution in [0.5, 0.6) is 5.75 Å². The molecule has 1 N–H and O–H groups in total. The highest BCUT2D eigenvalue weighted by Gasteiger charge is 2.33. The van der Waals surface area contributed by atoms with Crippen LogP contribution in [0.3, 0.4) is 0 Å². The number of piperazine rings is 1. The maximum atomic E-state index is 13.6. The van der Waals surface area contributed by atoms with Gasteiger partial charge in [-0.3, -0.25) is 0 Å². The van der Waals surface area contributed by atoms with E-state index in [4.69, 9.17) is 4.74 Å². The number of benzene rings is 2. The van der Waals surface area contributed by atoms with Crippen molar-refractivity contribution in [1.82, 2.24) is 9.62 Å². The zero-order chi connectivity index (χ0) is 17.9. The molecule has 0 aliphatic carbocycles. The van der Waals surface area contributed by atoms with Gasteiger partial charge in [0.05, 0.1) is 18.9 Å². The van der Waals surface area contributed by atoms with E-state index in [-0.39, 0.29) is 24.0 Å². The molecule has 8 heteroatoms. The normalized spacial score (nSPS) is 18.2. The van der Waals surface area contributed by atoms with Crippen LogP contribution in [-0.2, 0) is 15.8 Å². The van der Waals surface area contributed by atoms with Gasteiger partial charge in [0.15, 0.2) is 0 Å². The highest BCUT2D eigenvalue weighted by Crippen LogP contribution is 2.28. The van der Waals surface area contributed by atoms with Crippen molar-refractivity contribution in [2.75, 3.05) is 26.7 Å². The largest absolute Gasteiger partial charge is 0.497 e. The van der Waals surface area contributed by atoms with Crippen molar-refractivity contribution in [3.8, 4) is 5.75 Å². The molecule has 1 fully saturated rings. The van der Waals surface area contributed by atoms with Gasteiger partial charge in [-0.25, -0.2) is 12.8 Å². The van der Waals surface area contributed by atoms with Gasteiger partial charge < -0.3 is 10.1 Å². The first-order valence-corrected chi connectivity index (χ1v) is 9.69. The van der Waals surface area contributed by atoms with E-state index in [0.717, 1.165) is 0 Å². The lowest BCUT2D eigenvalue weighted by atomic mass is 10.1. The average molecular weight is 401 g/mol.